The zero-order chi connectivity index (χ0) is 11.5. The van der Waals surface area contributed by atoms with Gasteiger partial charge in [-0.15, -0.1) is 0 Å². The monoisotopic (exact) mass is 283 g/mol. The van der Waals surface area contributed by atoms with Crippen LogP contribution < -0.4 is 10.5 Å². The molecule has 82 valence electrons. The Labute approximate surface area is 99.4 Å². The van der Waals surface area contributed by atoms with Crippen LogP contribution in [0.25, 0.3) is 0 Å². The van der Waals surface area contributed by atoms with Crippen molar-refractivity contribution < 1.29 is 9.13 Å². The van der Waals surface area contributed by atoms with Gasteiger partial charge in [-0.05, 0) is 24.3 Å². The van der Waals surface area contributed by atoms with E-state index in [-0.39, 0.29) is 17.6 Å². The lowest BCUT2D eigenvalue weighted by Gasteiger charge is -2.05. The Hall–Kier alpha value is -1.69. The second-order valence-electron chi connectivity index (χ2n) is 2.94. The van der Waals surface area contributed by atoms with Crippen LogP contribution in [0.2, 0.25) is 0 Å². The number of rotatable bonds is 2. The number of ether oxygens (including phenoxy) is 1. The quantitative estimate of drug-likeness (QED) is 0.921. The van der Waals surface area contributed by atoms with Crippen LogP contribution in [0.5, 0.6) is 11.8 Å². The molecule has 0 saturated heterocycles. The molecule has 2 N–H and O–H groups in total. The minimum Gasteiger partial charge on any atom is -0.421 e. The highest BCUT2D eigenvalue weighted by Gasteiger charge is 2.07. The van der Waals surface area contributed by atoms with Gasteiger partial charge in [0.2, 0.25) is 0 Å². The molecule has 1 aromatic heterocycles. The van der Waals surface area contributed by atoms with Crippen molar-refractivity contribution in [3.05, 3.63) is 40.8 Å². The van der Waals surface area contributed by atoms with Gasteiger partial charge in [-0.1, -0.05) is 15.9 Å². The lowest BCUT2D eigenvalue weighted by atomic mass is 10.3. The Morgan fingerprint density at radius 2 is 2.12 bits per heavy atom. The molecule has 0 unspecified atom stereocenters. The van der Waals surface area contributed by atoms with Crippen LogP contribution in [0, 0.1) is 5.82 Å². The average molecular weight is 284 g/mol. The molecule has 0 radical (unpaired) electrons. The first-order chi connectivity index (χ1) is 7.65. The molecule has 0 aliphatic heterocycles. The van der Waals surface area contributed by atoms with Gasteiger partial charge in [0, 0.05) is 10.7 Å². The third kappa shape index (κ3) is 2.46. The number of hydrogen-bond donors (Lipinski definition) is 1. The Morgan fingerprint density at radius 3 is 2.88 bits per heavy atom. The molecule has 0 aliphatic carbocycles. The molecule has 2 aromatic rings. The van der Waals surface area contributed by atoms with Crippen molar-refractivity contribution in [2.75, 3.05) is 5.73 Å². The van der Waals surface area contributed by atoms with Crippen molar-refractivity contribution in [2.24, 2.45) is 0 Å². The number of hydrogen-bond acceptors (Lipinski definition) is 4. The average Bonchev–Trinajstić information content (AvgIpc) is 2.24. The SMILES string of the molecule is Nc1ccnc(Oc2cc(Br)ccc2F)n1. The van der Waals surface area contributed by atoms with Gasteiger partial charge in [0.1, 0.15) is 5.82 Å². The molecule has 16 heavy (non-hydrogen) atoms. The minimum atomic E-state index is -0.491. The summed E-state index contributed by atoms with van der Waals surface area (Å²) in [6.45, 7) is 0. The van der Waals surface area contributed by atoms with E-state index in [1.165, 1.54) is 24.4 Å². The van der Waals surface area contributed by atoms with Crippen LogP contribution in [-0.4, -0.2) is 9.97 Å². The molecule has 0 aliphatic rings. The van der Waals surface area contributed by atoms with Crippen molar-refractivity contribution in [2.45, 2.75) is 0 Å². The van der Waals surface area contributed by atoms with Gasteiger partial charge in [0.05, 0.1) is 0 Å². The summed E-state index contributed by atoms with van der Waals surface area (Å²) in [6, 6.07) is 5.87. The maximum absolute atomic E-state index is 13.3. The van der Waals surface area contributed by atoms with Crippen molar-refractivity contribution >= 4 is 21.7 Å². The summed E-state index contributed by atoms with van der Waals surface area (Å²) in [5, 5.41) is 0. The number of anilines is 1. The van der Waals surface area contributed by atoms with Crippen LogP contribution in [0.3, 0.4) is 0 Å². The highest BCUT2D eigenvalue weighted by molar-refractivity contribution is 9.10. The summed E-state index contributed by atoms with van der Waals surface area (Å²) in [4.78, 5) is 7.61. The topological polar surface area (TPSA) is 61.0 Å². The molecule has 0 atom stereocenters. The van der Waals surface area contributed by atoms with Gasteiger partial charge in [-0.3, -0.25) is 0 Å². The van der Waals surface area contributed by atoms with Gasteiger partial charge in [-0.2, -0.15) is 4.98 Å². The van der Waals surface area contributed by atoms with E-state index in [9.17, 15) is 4.39 Å². The van der Waals surface area contributed by atoms with E-state index >= 15 is 0 Å². The predicted molar refractivity (Wildman–Crippen MR) is 60.6 cm³/mol. The molecule has 2 rings (SSSR count). The summed E-state index contributed by atoms with van der Waals surface area (Å²) >= 11 is 3.21. The van der Waals surface area contributed by atoms with E-state index in [0.717, 1.165) is 0 Å². The van der Waals surface area contributed by atoms with Crippen LogP contribution >= 0.6 is 15.9 Å². The fourth-order valence-corrected chi connectivity index (χ4v) is 1.40. The smallest absolute Gasteiger partial charge is 0.323 e. The fourth-order valence-electron chi connectivity index (χ4n) is 1.06. The first kappa shape index (κ1) is 10.8. The maximum Gasteiger partial charge on any atom is 0.323 e. The lowest BCUT2D eigenvalue weighted by molar-refractivity contribution is 0.411. The number of benzene rings is 1. The molecule has 0 spiro atoms. The van der Waals surface area contributed by atoms with Crippen LogP contribution in [0.1, 0.15) is 0 Å². The molecule has 1 heterocycles. The number of nitrogen functional groups attached to an aromatic ring is 1. The molecule has 0 fully saturated rings. The Kier molecular flexibility index (Phi) is 3.00. The lowest BCUT2D eigenvalue weighted by Crippen LogP contribution is -1.96. The number of halogens is 2. The minimum absolute atomic E-state index is 0.0111. The standard InChI is InChI=1S/C10H7BrFN3O/c11-6-1-2-7(12)8(5-6)16-10-14-4-3-9(13)15-10/h1-5H,(H2,13,14,15). The molecular formula is C10H7BrFN3O. The fraction of sp³-hybridized carbons (Fsp3) is 0. The highest BCUT2D eigenvalue weighted by Crippen LogP contribution is 2.25. The van der Waals surface area contributed by atoms with Gasteiger partial charge in [0.25, 0.3) is 0 Å². The molecule has 4 nitrogen and oxygen atoms in total. The van der Waals surface area contributed by atoms with Crippen LogP contribution in [-0.2, 0) is 0 Å². The van der Waals surface area contributed by atoms with E-state index in [1.807, 2.05) is 0 Å². The van der Waals surface area contributed by atoms with Crippen molar-refractivity contribution in [3.8, 4) is 11.8 Å². The van der Waals surface area contributed by atoms with Gasteiger partial charge in [-0.25, -0.2) is 9.37 Å². The Balaban J connectivity index is 2.30. The second kappa shape index (κ2) is 4.44. The summed E-state index contributed by atoms with van der Waals surface area (Å²) in [6.07, 6.45) is 1.44. The van der Waals surface area contributed by atoms with Crippen molar-refractivity contribution in [3.63, 3.8) is 0 Å². The van der Waals surface area contributed by atoms with Gasteiger partial charge in [0.15, 0.2) is 11.6 Å². The third-order valence-electron chi connectivity index (χ3n) is 1.75. The molecule has 0 bridgehead atoms. The third-order valence-corrected chi connectivity index (χ3v) is 2.24. The molecule has 0 saturated carbocycles. The Morgan fingerprint density at radius 1 is 1.31 bits per heavy atom. The molecular weight excluding hydrogens is 277 g/mol. The molecule has 6 heteroatoms. The van der Waals surface area contributed by atoms with E-state index in [0.29, 0.717) is 4.47 Å². The van der Waals surface area contributed by atoms with Gasteiger partial charge >= 0.3 is 6.01 Å². The largest absolute Gasteiger partial charge is 0.421 e. The van der Waals surface area contributed by atoms with E-state index in [2.05, 4.69) is 25.9 Å². The number of nitrogens with two attached hydrogens (primary N) is 1. The van der Waals surface area contributed by atoms with E-state index in [4.69, 9.17) is 10.5 Å². The summed E-state index contributed by atoms with van der Waals surface area (Å²) < 4.78 is 19.2. The van der Waals surface area contributed by atoms with Crippen LogP contribution in [0.15, 0.2) is 34.9 Å². The summed E-state index contributed by atoms with van der Waals surface area (Å²) in [7, 11) is 0. The second-order valence-corrected chi connectivity index (χ2v) is 3.86. The highest BCUT2D eigenvalue weighted by atomic mass is 79.9. The summed E-state index contributed by atoms with van der Waals surface area (Å²) in [5.74, 6) is -0.186. The van der Waals surface area contributed by atoms with Crippen molar-refractivity contribution in [1.82, 2.24) is 9.97 Å². The first-order valence-electron chi connectivity index (χ1n) is 4.36. The van der Waals surface area contributed by atoms with Crippen LogP contribution in [0.4, 0.5) is 10.2 Å². The maximum atomic E-state index is 13.3. The number of nitrogens with zero attached hydrogens (tertiary/aromatic N) is 2. The van der Waals surface area contributed by atoms with E-state index < -0.39 is 5.82 Å². The first-order valence-corrected chi connectivity index (χ1v) is 5.16. The van der Waals surface area contributed by atoms with Gasteiger partial charge < -0.3 is 10.5 Å². The van der Waals surface area contributed by atoms with Crippen molar-refractivity contribution in [1.29, 1.82) is 0 Å². The molecule has 0 amide bonds. The Bertz CT molecular complexity index is 521. The summed E-state index contributed by atoms with van der Waals surface area (Å²) in [5.41, 5.74) is 5.45. The molecule has 1 aromatic carbocycles. The zero-order valence-electron chi connectivity index (χ0n) is 8.02. The predicted octanol–water partition coefficient (Wildman–Crippen LogP) is 2.75. The normalized spacial score (nSPS) is 10.1. The van der Waals surface area contributed by atoms with E-state index in [1.54, 1.807) is 6.07 Å². The zero-order valence-corrected chi connectivity index (χ0v) is 9.61. The number of aromatic nitrogens is 2.